The topological polar surface area (TPSA) is 35.6 Å². The summed E-state index contributed by atoms with van der Waals surface area (Å²) in [7, 11) is 3.92. The van der Waals surface area contributed by atoms with Crippen LogP contribution in [0.3, 0.4) is 0 Å². The highest BCUT2D eigenvalue weighted by Gasteiger charge is 2.27. The van der Waals surface area contributed by atoms with Crippen molar-refractivity contribution in [3.8, 4) is 0 Å². The van der Waals surface area contributed by atoms with Crippen LogP contribution in [-0.4, -0.2) is 62.0 Å². The lowest BCUT2D eigenvalue weighted by Gasteiger charge is -2.34. The van der Waals surface area contributed by atoms with Crippen molar-refractivity contribution in [2.45, 2.75) is 12.5 Å². The Balaban J connectivity index is 1.85. The predicted octanol–water partition coefficient (Wildman–Crippen LogP) is 0.591. The van der Waals surface area contributed by atoms with E-state index in [2.05, 4.69) is 22.3 Å². The van der Waals surface area contributed by atoms with E-state index in [-0.39, 0.29) is 11.9 Å². The van der Waals surface area contributed by atoms with Gasteiger partial charge in [0.25, 0.3) is 0 Å². The summed E-state index contributed by atoms with van der Waals surface area (Å²) in [5, 5.41) is 3.29. The maximum absolute atomic E-state index is 12.4. The number of hydrogen-bond donors (Lipinski definition) is 1. The van der Waals surface area contributed by atoms with Gasteiger partial charge in [-0.3, -0.25) is 9.69 Å². The van der Waals surface area contributed by atoms with Gasteiger partial charge in [0, 0.05) is 33.2 Å². The van der Waals surface area contributed by atoms with E-state index in [0.717, 1.165) is 32.6 Å². The first-order valence-corrected chi connectivity index (χ1v) is 6.88. The molecule has 4 nitrogen and oxygen atoms in total. The third-order valence-corrected chi connectivity index (χ3v) is 3.75. The van der Waals surface area contributed by atoms with Crippen LogP contribution in [0.4, 0.5) is 0 Å². The zero-order valence-corrected chi connectivity index (χ0v) is 11.8. The molecule has 1 aromatic carbocycles. The molecule has 0 radical (unpaired) electrons. The fraction of sp³-hybridized carbons (Fsp3) is 0.533. The highest BCUT2D eigenvalue weighted by Crippen LogP contribution is 2.06. The van der Waals surface area contributed by atoms with E-state index in [9.17, 15) is 4.79 Å². The van der Waals surface area contributed by atoms with Gasteiger partial charge in [-0.2, -0.15) is 0 Å². The van der Waals surface area contributed by atoms with E-state index < -0.39 is 0 Å². The Morgan fingerprint density at radius 1 is 1.42 bits per heavy atom. The minimum atomic E-state index is -0.0190. The molecule has 1 saturated heterocycles. The minimum Gasteiger partial charge on any atom is -0.344 e. The summed E-state index contributed by atoms with van der Waals surface area (Å²) < 4.78 is 0. The van der Waals surface area contributed by atoms with Gasteiger partial charge in [0.2, 0.25) is 5.91 Å². The number of carbonyl (C=O) groups excluding carboxylic acids is 1. The normalized spacial score (nSPS) is 20.2. The highest BCUT2D eigenvalue weighted by molar-refractivity contribution is 5.82. The summed E-state index contributed by atoms with van der Waals surface area (Å²) in [6.45, 7) is 3.43. The number of carbonyl (C=O) groups is 1. The number of amides is 1. The molecule has 1 amide bonds. The number of benzene rings is 1. The Bertz CT molecular complexity index is 407. The van der Waals surface area contributed by atoms with E-state index in [0.29, 0.717) is 0 Å². The molecule has 0 saturated carbocycles. The van der Waals surface area contributed by atoms with Gasteiger partial charge in [0.1, 0.15) is 6.04 Å². The third-order valence-electron chi connectivity index (χ3n) is 3.75. The van der Waals surface area contributed by atoms with Crippen molar-refractivity contribution in [1.82, 2.24) is 15.1 Å². The van der Waals surface area contributed by atoms with Crippen molar-refractivity contribution in [1.29, 1.82) is 0 Å². The SMILES string of the molecule is CN(CCc1ccccc1)C(=O)C1CNCCN1C. The first kappa shape index (κ1) is 14.0. The van der Waals surface area contributed by atoms with Gasteiger partial charge in [0.05, 0.1) is 0 Å². The summed E-state index contributed by atoms with van der Waals surface area (Å²) in [5.41, 5.74) is 1.28. The smallest absolute Gasteiger partial charge is 0.240 e. The number of piperazine rings is 1. The van der Waals surface area contributed by atoms with Gasteiger partial charge in [-0.25, -0.2) is 0 Å². The number of hydrogen-bond acceptors (Lipinski definition) is 3. The number of nitrogens with zero attached hydrogens (tertiary/aromatic N) is 2. The first-order chi connectivity index (χ1) is 9.18. The van der Waals surface area contributed by atoms with Crippen LogP contribution in [0.15, 0.2) is 30.3 Å². The molecular formula is C15H23N3O. The average Bonchev–Trinajstić information content (AvgIpc) is 2.45. The molecule has 1 aliphatic rings. The molecule has 19 heavy (non-hydrogen) atoms. The largest absolute Gasteiger partial charge is 0.344 e. The molecule has 0 spiro atoms. The summed E-state index contributed by atoms with van der Waals surface area (Å²) in [5.74, 6) is 0.214. The van der Waals surface area contributed by atoms with Crippen LogP contribution < -0.4 is 5.32 Å². The first-order valence-electron chi connectivity index (χ1n) is 6.88. The average molecular weight is 261 g/mol. The van der Waals surface area contributed by atoms with E-state index in [1.165, 1.54) is 5.56 Å². The molecule has 104 valence electrons. The van der Waals surface area contributed by atoms with Crippen LogP contribution in [0.5, 0.6) is 0 Å². The fourth-order valence-corrected chi connectivity index (χ4v) is 2.39. The van der Waals surface area contributed by atoms with Crippen molar-refractivity contribution in [3.63, 3.8) is 0 Å². The standard InChI is InChI=1S/C15H23N3O/c1-17-11-9-16-12-14(17)15(19)18(2)10-8-13-6-4-3-5-7-13/h3-7,14,16H,8-12H2,1-2H3. The van der Waals surface area contributed by atoms with Crippen molar-refractivity contribution < 1.29 is 4.79 Å². The van der Waals surface area contributed by atoms with Gasteiger partial charge < -0.3 is 10.2 Å². The molecule has 2 rings (SSSR count). The summed E-state index contributed by atoms with van der Waals surface area (Å²) in [6.07, 6.45) is 0.910. The molecule has 1 N–H and O–H groups in total. The molecule has 1 heterocycles. The molecule has 1 aliphatic heterocycles. The lowest BCUT2D eigenvalue weighted by molar-refractivity contribution is -0.135. The third kappa shape index (κ3) is 3.78. The van der Waals surface area contributed by atoms with Crippen LogP contribution >= 0.6 is 0 Å². The zero-order valence-electron chi connectivity index (χ0n) is 11.8. The molecule has 1 fully saturated rings. The van der Waals surface area contributed by atoms with Gasteiger partial charge in [-0.05, 0) is 19.0 Å². The monoisotopic (exact) mass is 261 g/mol. The molecule has 0 aliphatic carbocycles. The Kier molecular flexibility index (Phi) is 4.93. The molecule has 1 unspecified atom stereocenters. The second-order valence-corrected chi connectivity index (χ2v) is 5.20. The number of likely N-dealkylation sites (N-methyl/N-ethyl adjacent to an activating group) is 2. The van der Waals surface area contributed by atoms with Crippen LogP contribution in [-0.2, 0) is 11.2 Å². The molecule has 1 atom stereocenters. The van der Waals surface area contributed by atoms with Crippen molar-refractivity contribution in [2.24, 2.45) is 0 Å². The summed E-state index contributed by atoms with van der Waals surface area (Å²) >= 11 is 0. The van der Waals surface area contributed by atoms with Crippen LogP contribution in [0, 0.1) is 0 Å². The Hall–Kier alpha value is -1.39. The fourth-order valence-electron chi connectivity index (χ4n) is 2.39. The predicted molar refractivity (Wildman–Crippen MR) is 77.1 cm³/mol. The molecule has 0 bridgehead atoms. The second kappa shape index (κ2) is 6.68. The minimum absolute atomic E-state index is 0.0190. The Morgan fingerprint density at radius 2 is 2.16 bits per heavy atom. The molecular weight excluding hydrogens is 238 g/mol. The summed E-state index contributed by atoms with van der Waals surface area (Å²) in [4.78, 5) is 16.4. The quantitative estimate of drug-likeness (QED) is 0.862. The van der Waals surface area contributed by atoms with Crippen molar-refractivity contribution in [3.05, 3.63) is 35.9 Å². The van der Waals surface area contributed by atoms with Crippen molar-refractivity contribution >= 4 is 5.91 Å². The van der Waals surface area contributed by atoms with E-state index in [1.54, 1.807) is 0 Å². The second-order valence-electron chi connectivity index (χ2n) is 5.20. The van der Waals surface area contributed by atoms with Crippen LogP contribution in [0.1, 0.15) is 5.56 Å². The van der Waals surface area contributed by atoms with Gasteiger partial charge in [-0.1, -0.05) is 30.3 Å². The van der Waals surface area contributed by atoms with Crippen LogP contribution in [0.2, 0.25) is 0 Å². The molecule has 1 aromatic rings. The highest BCUT2D eigenvalue weighted by atomic mass is 16.2. The Morgan fingerprint density at radius 3 is 2.84 bits per heavy atom. The lowest BCUT2D eigenvalue weighted by atomic mass is 10.1. The molecule has 0 aromatic heterocycles. The number of rotatable bonds is 4. The van der Waals surface area contributed by atoms with Gasteiger partial charge in [-0.15, -0.1) is 0 Å². The van der Waals surface area contributed by atoms with Crippen molar-refractivity contribution in [2.75, 3.05) is 40.3 Å². The zero-order chi connectivity index (χ0) is 13.7. The Labute approximate surface area is 115 Å². The van der Waals surface area contributed by atoms with Gasteiger partial charge in [0.15, 0.2) is 0 Å². The van der Waals surface area contributed by atoms with E-state index in [4.69, 9.17) is 0 Å². The maximum atomic E-state index is 12.4. The summed E-state index contributed by atoms with van der Waals surface area (Å²) in [6, 6.07) is 10.3. The van der Waals surface area contributed by atoms with Crippen LogP contribution in [0.25, 0.3) is 0 Å². The van der Waals surface area contributed by atoms with Gasteiger partial charge >= 0.3 is 0 Å². The molecule has 4 heteroatoms. The van der Waals surface area contributed by atoms with E-state index in [1.807, 2.05) is 37.2 Å². The maximum Gasteiger partial charge on any atom is 0.240 e. The number of nitrogens with one attached hydrogen (secondary N) is 1. The lowest BCUT2D eigenvalue weighted by Crippen LogP contribution is -2.56. The van der Waals surface area contributed by atoms with E-state index >= 15 is 0 Å².